The maximum Gasteiger partial charge on any atom is 0.347 e. The molecule has 1 aromatic carbocycles. The van der Waals surface area contributed by atoms with E-state index in [2.05, 4.69) is 0 Å². The standard InChI is InChI=1S/C15H15NO4/c1-2-20-15(19)13-12(17)8-9-16(14(13)18)10-11-6-4-3-5-7-11/h3-9,17H,2,10H2,1H3. The predicted octanol–water partition coefficient (Wildman–Crippen LogP) is 1.78. The molecule has 1 aromatic heterocycles. The lowest BCUT2D eigenvalue weighted by Gasteiger charge is -2.09. The van der Waals surface area contributed by atoms with Crippen molar-refractivity contribution >= 4 is 5.97 Å². The van der Waals surface area contributed by atoms with Gasteiger partial charge in [-0.15, -0.1) is 0 Å². The monoisotopic (exact) mass is 273 g/mol. The first-order valence-corrected chi connectivity index (χ1v) is 6.27. The van der Waals surface area contributed by atoms with Crippen LogP contribution in [-0.2, 0) is 11.3 Å². The number of carbonyl (C=O) groups excluding carboxylic acids is 1. The molecule has 1 N–H and O–H groups in total. The van der Waals surface area contributed by atoms with Crippen molar-refractivity contribution in [3.8, 4) is 5.75 Å². The van der Waals surface area contributed by atoms with E-state index in [4.69, 9.17) is 4.74 Å². The van der Waals surface area contributed by atoms with Crippen LogP contribution in [0.4, 0.5) is 0 Å². The molecule has 0 aliphatic rings. The number of rotatable bonds is 4. The lowest BCUT2D eigenvalue weighted by molar-refractivity contribution is 0.0520. The highest BCUT2D eigenvalue weighted by molar-refractivity contribution is 5.91. The van der Waals surface area contributed by atoms with Gasteiger partial charge in [0.1, 0.15) is 5.75 Å². The van der Waals surface area contributed by atoms with E-state index in [-0.39, 0.29) is 17.9 Å². The van der Waals surface area contributed by atoms with E-state index >= 15 is 0 Å². The molecule has 0 radical (unpaired) electrons. The summed E-state index contributed by atoms with van der Waals surface area (Å²) in [6.07, 6.45) is 1.45. The average Bonchev–Trinajstić information content (AvgIpc) is 2.44. The van der Waals surface area contributed by atoms with Gasteiger partial charge in [0.2, 0.25) is 0 Å². The van der Waals surface area contributed by atoms with Crippen molar-refractivity contribution in [1.29, 1.82) is 0 Å². The van der Waals surface area contributed by atoms with Crippen LogP contribution < -0.4 is 5.56 Å². The summed E-state index contributed by atoms with van der Waals surface area (Å²) in [6, 6.07) is 10.7. The van der Waals surface area contributed by atoms with Crippen LogP contribution in [0.1, 0.15) is 22.8 Å². The van der Waals surface area contributed by atoms with Gasteiger partial charge in [-0.05, 0) is 18.6 Å². The van der Waals surface area contributed by atoms with Crippen LogP contribution in [0.15, 0.2) is 47.4 Å². The Morgan fingerprint density at radius 1 is 1.25 bits per heavy atom. The highest BCUT2D eigenvalue weighted by Gasteiger charge is 2.18. The molecule has 104 valence electrons. The number of hydrogen-bond donors (Lipinski definition) is 1. The van der Waals surface area contributed by atoms with Crippen LogP contribution in [0, 0.1) is 0 Å². The number of aromatic nitrogens is 1. The quantitative estimate of drug-likeness (QED) is 0.862. The van der Waals surface area contributed by atoms with Gasteiger partial charge in [0.25, 0.3) is 5.56 Å². The Balaban J connectivity index is 2.39. The lowest BCUT2D eigenvalue weighted by Crippen LogP contribution is -2.27. The minimum Gasteiger partial charge on any atom is -0.507 e. The molecule has 5 nitrogen and oxygen atoms in total. The molecule has 5 heteroatoms. The fourth-order valence-corrected chi connectivity index (χ4v) is 1.86. The van der Waals surface area contributed by atoms with Crippen molar-refractivity contribution in [1.82, 2.24) is 4.57 Å². The van der Waals surface area contributed by atoms with Crippen LogP contribution in [0.5, 0.6) is 5.75 Å². The Kier molecular flexibility index (Phi) is 4.20. The van der Waals surface area contributed by atoms with E-state index in [0.29, 0.717) is 6.54 Å². The minimum absolute atomic E-state index is 0.144. The number of pyridine rings is 1. The summed E-state index contributed by atoms with van der Waals surface area (Å²) in [4.78, 5) is 23.9. The van der Waals surface area contributed by atoms with Gasteiger partial charge in [0.05, 0.1) is 13.2 Å². The molecule has 0 bridgehead atoms. The number of carbonyl (C=O) groups is 1. The number of esters is 1. The van der Waals surface area contributed by atoms with Gasteiger partial charge >= 0.3 is 5.97 Å². The largest absolute Gasteiger partial charge is 0.507 e. The van der Waals surface area contributed by atoms with Crippen molar-refractivity contribution in [3.05, 3.63) is 64.1 Å². The molecule has 0 aliphatic carbocycles. The fourth-order valence-electron chi connectivity index (χ4n) is 1.86. The van der Waals surface area contributed by atoms with Gasteiger partial charge in [-0.1, -0.05) is 30.3 Å². The predicted molar refractivity (Wildman–Crippen MR) is 73.9 cm³/mol. The molecule has 1 heterocycles. The van der Waals surface area contributed by atoms with Crippen LogP contribution in [0.2, 0.25) is 0 Å². The molecule has 0 aliphatic heterocycles. The van der Waals surface area contributed by atoms with Gasteiger partial charge in [-0.2, -0.15) is 0 Å². The van der Waals surface area contributed by atoms with Crippen molar-refractivity contribution in [2.45, 2.75) is 13.5 Å². The number of hydrogen-bond acceptors (Lipinski definition) is 4. The minimum atomic E-state index is -0.808. The highest BCUT2D eigenvalue weighted by atomic mass is 16.5. The van der Waals surface area contributed by atoms with E-state index in [1.807, 2.05) is 30.3 Å². The van der Waals surface area contributed by atoms with Crippen molar-refractivity contribution in [2.24, 2.45) is 0 Å². The van der Waals surface area contributed by atoms with Crippen LogP contribution >= 0.6 is 0 Å². The molecule has 2 rings (SSSR count). The maximum absolute atomic E-state index is 12.2. The molecule has 0 amide bonds. The Bertz CT molecular complexity index is 661. The van der Waals surface area contributed by atoms with Crippen LogP contribution in [0.25, 0.3) is 0 Å². The summed E-state index contributed by atoms with van der Waals surface area (Å²) in [5, 5.41) is 9.66. The summed E-state index contributed by atoms with van der Waals surface area (Å²) in [5.41, 5.74) is 0.0349. The molecule has 0 spiro atoms. The van der Waals surface area contributed by atoms with E-state index in [1.54, 1.807) is 6.92 Å². The molecule has 2 aromatic rings. The van der Waals surface area contributed by atoms with E-state index in [0.717, 1.165) is 5.56 Å². The van der Waals surface area contributed by atoms with Gasteiger partial charge in [0, 0.05) is 6.20 Å². The van der Waals surface area contributed by atoms with Crippen molar-refractivity contribution in [2.75, 3.05) is 6.61 Å². The van der Waals surface area contributed by atoms with E-state index < -0.39 is 11.5 Å². The summed E-state index contributed by atoms with van der Waals surface area (Å²) >= 11 is 0. The molecule has 0 fully saturated rings. The smallest absolute Gasteiger partial charge is 0.347 e. The van der Waals surface area contributed by atoms with Gasteiger partial charge in [-0.25, -0.2) is 4.79 Å². The Morgan fingerprint density at radius 2 is 1.95 bits per heavy atom. The zero-order valence-electron chi connectivity index (χ0n) is 11.1. The summed E-state index contributed by atoms with van der Waals surface area (Å²) in [7, 11) is 0. The molecule has 0 saturated carbocycles. The van der Waals surface area contributed by atoms with E-state index in [9.17, 15) is 14.7 Å². The number of nitrogens with zero attached hydrogens (tertiary/aromatic N) is 1. The first-order chi connectivity index (χ1) is 9.63. The second-order valence-electron chi connectivity index (χ2n) is 4.22. The normalized spacial score (nSPS) is 10.2. The van der Waals surface area contributed by atoms with E-state index in [1.165, 1.54) is 16.8 Å². The molecule has 20 heavy (non-hydrogen) atoms. The molecular formula is C15H15NO4. The van der Waals surface area contributed by atoms with Crippen LogP contribution in [-0.4, -0.2) is 22.2 Å². The summed E-state index contributed by atoms with van der Waals surface area (Å²) in [5.74, 6) is -1.17. The van der Waals surface area contributed by atoms with Crippen molar-refractivity contribution < 1.29 is 14.6 Å². The molecule has 0 atom stereocenters. The van der Waals surface area contributed by atoms with Gasteiger partial charge in [-0.3, -0.25) is 4.79 Å². The first-order valence-electron chi connectivity index (χ1n) is 6.27. The third-order valence-corrected chi connectivity index (χ3v) is 2.82. The molecule has 0 saturated heterocycles. The third-order valence-electron chi connectivity index (χ3n) is 2.82. The second-order valence-corrected chi connectivity index (χ2v) is 4.22. The SMILES string of the molecule is CCOC(=O)c1c(O)ccn(Cc2ccccc2)c1=O. The zero-order valence-corrected chi connectivity index (χ0v) is 11.1. The maximum atomic E-state index is 12.2. The summed E-state index contributed by atoms with van der Waals surface area (Å²) in [6.45, 7) is 2.11. The Morgan fingerprint density at radius 3 is 2.60 bits per heavy atom. The molecular weight excluding hydrogens is 258 g/mol. The topological polar surface area (TPSA) is 68.5 Å². The molecule has 0 unspecified atom stereocenters. The highest BCUT2D eigenvalue weighted by Crippen LogP contribution is 2.13. The van der Waals surface area contributed by atoms with Gasteiger partial charge in [0.15, 0.2) is 5.56 Å². The third kappa shape index (κ3) is 2.88. The first kappa shape index (κ1) is 13.9. The number of ether oxygens (including phenoxy) is 1. The van der Waals surface area contributed by atoms with Gasteiger partial charge < -0.3 is 14.4 Å². The Hall–Kier alpha value is -2.56. The Labute approximate surface area is 116 Å². The van der Waals surface area contributed by atoms with Crippen molar-refractivity contribution in [3.63, 3.8) is 0 Å². The average molecular weight is 273 g/mol. The zero-order chi connectivity index (χ0) is 14.5. The van der Waals surface area contributed by atoms with Crippen LogP contribution in [0.3, 0.4) is 0 Å². The fraction of sp³-hybridized carbons (Fsp3) is 0.200. The number of benzene rings is 1. The second kappa shape index (κ2) is 6.06. The lowest BCUT2D eigenvalue weighted by atomic mass is 10.2. The summed E-state index contributed by atoms with van der Waals surface area (Å²) < 4.78 is 6.14. The number of aromatic hydroxyl groups is 1.